The number of carbonyl (C=O) groups is 2. The van der Waals surface area contributed by atoms with E-state index in [1.807, 2.05) is 62.4 Å². The second-order valence-corrected chi connectivity index (χ2v) is 6.81. The number of hydrogen-bond donors (Lipinski definition) is 2. The third kappa shape index (κ3) is 4.73. The van der Waals surface area contributed by atoms with Crippen LogP contribution >= 0.6 is 0 Å². The predicted molar refractivity (Wildman–Crippen MR) is 103 cm³/mol. The minimum absolute atomic E-state index is 0.0836. The zero-order valence-corrected chi connectivity index (χ0v) is 15.5. The molecule has 0 aliphatic heterocycles. The van der Waals surface area contributed by atoms with Gasteiger partial charge < -0.3 is 10.4 Å². The first-order valence-corrected chi connectivity index (χ1v) is 8.90. The molecule has 0 saturated carbocycles. The standard InChI is InChI=1S/C21H23N3O3/c1-14-9-15(2)24(23-14)13-20(25)22-12-19(21(26)27)11-16-7-8-17-5-3-4-6-18(17)10-16/h3-10,19H,11-13H2,1-2H3,(H,22,25)(H,26,27). The van der Waals surface area contributed by atoms with Crippen LogP contribution in [0.3, 0.4) is 0 Å². The summed E-state index contributed by atoms with van der Waals surface area (Å²) in [7, 11) is 0. The van der Waals surface area contributed by atoms with Crippen molar-refractivity contribution in [1.29, 1.82) is 0 Å². The summed E-state index contributed by atoms with van der Waals surface area (Å²) >= 11 is 0. The Morgan fingerprint density at radius 3 is 2.52 bits per heavy atom. The molecule has 1 heterocycles. The molecule has 0 bridgehead atoms. The van der Waals surface area contributed by atoms with Crippen LogP contribution in [0.2, 0.25) is 0 Å². The summed E-state index contributed by atoms with van der Waals surface area (Å²) < 4.78 is 1.61. The second kappa shape index (κ2) is 8.03. The number of rotatable bonds is 7. The fourth-order valence-corrected chi connectivity index (χ4v) is 3.16. The van der Waals surface area contributed by atoms with Crippen LogP contribution in [0.4, 0.5) is 0 Å². The summed E-state index contributed by atoms with van der Waals surface area (Å²) in [6.45, 7) is 3.92. The number of benzene rings is 2. The molecule has 3 rings (SSSR count). The van der Waals surface area contributed by atoms with E-state index in [0.29, 0.717) is 6.42 Å². The molecule has 2 N–H and O–H groups in total. The third-order valence-corrected chi connectivity index (χ3v) is 4.59. The molecular formula is C21H23N3O3. The number of hydrogen-bond acceptors (Lipinski definition) is 3. The number of nitrogens with zero attached hydrogens (tertiary/aromatic N) is 2. The molecule has 3 aromatic rings. The van der Waals surface area contributed by atoms with Crippen LogP contribution in [0.15, 0.2) is 48.5 Å². The van der Waals surface area contributed by atoms with Gasteiger partial charge in [-0.2, -0.15) is 5.10 Å². The Morgan fingerprint density at radius 1 is 1.11 bits per heavy atom. The van der Waals surface area contributed by atoms with Crippen molar-refractivity contribution in [2.24, 2.45) is 5.92 Å². The van der Waals surface area contributed by atoms with Crippen LogP contribution < -0.4 is 5.32 Å². The number of aliphatic carboxylic acids is 1. The van der Waals surface area contributed by atoms with E-state index in [-0.39, 0.29) is 19.0 Å². The lowest BCUT2D eigenvalue weighted by Crippen LogP contribution is -2.36. The maximum Gasteiger partial charge on any atom is 0.308 e. The molecule has 0 saturated heterocycles. The van der Waals surface area contributed by atoms with Crippen LogP contribution in [0.25, 0.3) is 10.8 Å². The molecule has 6 nitrogen and oxygen atoms in total. The van der Waals surface area contributed by atoms with Crippen molar-refractivity contribution in [1.82, 2.24) is 15.1 Å². The van der Waals surface area contributed by atoms with Gasteiger partial charge in [0, 0.05) is 12.2 Å². The average molecular weight is 365 g/mol. The van der Waals surface area contributed by atoms with E-state index in [1.54, 1.807) is 4.68 Å². The number of fused-ring (bicyclic) bond motifs is 1. The molecular weight excluding hydrogens is 342 g/mol. The molecule has 2 aromatic carbocycles. The fourth-order valence-electron chi connectivity index (χ4n) is 3.16. The van der Waals surface area contributed by atoms with Crippen molar-refractivity contribution >= 4 is 22.6 Å². The highest BCUT2D eigenvalue weighted by Crippen LogP contribution is 2.18. The Hall–Kier alpha value is -3.15. The van der Waals surface area contributed by atoms with Gasteiger partial charge in [-0.25, -0.2) is 0 Å². The van der Waals surface area contributed by atoms with E-state index in [9.17, 15) is 14.7 Å². The molecule has 0 aliphatic carbocycles. The minimum Gasteiger partial charge on any atom is -0.481 e. The lowest BCUT2D eigenvalue weighted by molar-refractivity contribution is -0.141. The first-order chi connectivity index (χ1) is 12.9. The second-order valence-electron chi connectivity index (χ2n) is 6.81. The fraction of sp³-hybridized carbons (Fsp3) is 0.286. The maximum atomic E-state index is 12.2. The molecule has 0 spiro atoms. The molecule has 1 aromatic heterocycles. The van der Waals surface area contributed by atoms with Gasteiger partial charge in [0.15, 0.2) is 0 Å². The lowest BCUT2D eigenvalue weighted by Gasteiger charge is -2.14. The number of carbonyl (C=O) groups excluding carboxylic acids is 1. The summed E-state index contributed by atoms with van der Waals surface area (Å²) in [5, 5.41) is 18.7. The van der Waals surface area contributed by atoms with E-state index >= 15 is 0 Å². The van der Waals surface area contributed by atoms with Crippen LogP contribution in [0.5, 0.6) is 0 Å². The molecule has 27 heavy (non-hydrogen) atoms. The first kappa shape index (κ1) is 18.6. The van der Waals surface area contributed by atoms with Gasteiger partial charge in [0.05, 0.1) is 11.6 Å². The molecule has 6 heteroatoms. The van der Waals surface area contributed by atoms with Crippen LogP contribution in [-0.4, -0.2) is 33.3 Å². The monoisotopic (exact) mass is 365 g/mol. The predicted octanol–water partition coefficient (Wildman–Crippen LogP) is 2.71. The zero-order valence-electron chi connectivity index (χ0n) is 15.5. The largest absolute Gasteiger partial charge is 0.481 e. The molecule has 0 aliphatic rings. The molecule has 0 radical (unpaired) electrons. The van der Waals surface area contributed by atoms with E-state index in [0.717, 1.165) is 27.7 Å². The van der Waals surface area contributed by atoms with E-state index < -0.39 is 11.9 Å². The topological polar surface area (TPSA) is 84.2 Å². The Kier molecular flexibility index (Phi) is 5.54. The Balaban J connectivity index is 1.62. The SMILES string of the molecule is Cc1cc(C)n(CC(=O)NCC(Cc2ccc3ccccc3c2)C(=O)O)n1. The number of carboxylic acids is 1. The van der Waals surface area contributed by atoms with Crippen molar-refractivity contribution in [3.63, 3.8) is 0 Å². The Bertz CT molecular complexity index is 978. The van der Waals surface area contributed by atoms with Crippen molar-refractivity contribution < 1.29 is 14.7 Å². The normalized spacial score (nSPS) is 12.1. The number of aromatic nitrogens is 2. The van der Waals surface area contributed by atoms with Gasteiger partial charge in [-0.1, -0.05) is 42.5 Å². The van der Waals surface area contributed by atoms with Crippen molar-refractivity contribution in [3.8, 4) is 0 Å². The van der Waals surface area contributed by atoms with Crippen molar-refractivity contribution in [3.05, 3.63) is 65.5 Å². The van der Waals surface area contributed by atoms with Gasteiger partial charge in [-0.3, -0.25) is 14.3 Å². The van der Waals surface area contributed by atoms with Gasteiger partial charge in [0.2, 0.25) is 5.91 Å². The van der Waals surface area contributed by atoms with Crippen LogP contribution in [0, 0.1) is 19.8 Å². The zero-order chi connectivity index (χ0) is 19.4. The van der Waals surface area contributed by atoms with Crippen LogP contribution in [0.1, 0.15) is 17.0 Å². The van der Waals surface area contributed by atoms with Crippen molar-refractivity contribution in [2.75, 3.05) is 6.54 Å². The summed E-state index contributed by atoms with van der Waals surface area (Å²) in [6, 6.07) is 15.8. The quantitative estimate of drug-likeness (QED) is 0.674. The third-order valence-electron chi connectivity index (χ3n) is 4.59. The molecule has 140 valence electrons. The van der Waals surface area contributed by atoms with Crippen LogP contribution in [-0.2, 0) is 22.6 Å². The number of carboxylic acid groups (broad SMARTS) is 1. The molecule has 1 atom stereocenters. The number of nitrogens with one attached hydrogen (secondary N) is 1. The summed E-state index contributed by atoms with van der Waals surface area (Å²) in [5.41, 5.74) is 2.68. The number of amides is 1. The average Bonchev–Trinajstić information content (AvgIpc) is 2.95. The van der Waals surface area contributed by atoms with Gasteiger partial charge in [-0.15, -0.1) is 0 Å². The minimum atomic E-state index is -0.922. The van der Waals surface area contributed by atoms with E-state index in [2.05, 4.69) is 10.4 Å². The molecule has 1 unspecified atom stereocenters. The van der Waals surface area contributed by atoms with Crippen molar-refractivity contribution in [2.45, 2.75) is 26.8 Å². The summed E-state index contributed by atoms with van der Waals surface area (Å²) in [6.07, 6.45) is 0.361. The van der Waals surface area contributed by atoms with Gasteiger partial charge >= 0.3 is 5.97 Å². The highest BCUT2D eigenvalue weighted by molar-refractivity contribution is 5.83. The Labute approximate surface area is 157 Å². The highest BCUT2D eigenvalue weighted by atomic mass is 16.4. The van der Waals surface area contributed by atoms with E-state index in [1.165, 1.54) is 0 Å². The molecule has 1 amide bonds. The first-order valence-electron chi connectivity index (χ1n) is 8.90. The maximum absolute atomic E-state index is 12.2. The molecule has 0 fully saturated rings. The summed E-state index contributed by atoms with van der Waals surface area (Å²) in [5.74, 6) is -1.85. The smallest absolute Gasteiger partial charge is 0.308 e. The highest BCUT2D eigenvalue weighted by Gasteiger charge is 2.19. The lowest BCUT2D eigenvalue weighted by atomic mass is 9.97. The van der Waals surface area contributed by atoms with Gasteiger partial charge in [-0.05, 0) is 42.7 Å². The Morgan fingerprint density at radius 2 is 1.85 bits per heavy atom. The number of aryl methyl sites for hydroxylation is 2. The summed E-state index contributed by atoms with van der Waals surface area (Å²) in [4.78, 5) is 23.8. The van der Waals surface area contributed by atoms with E-state index in [4.69, 9.17) is 0 Å². The van der Waals surface area contributed by atoms with Gasteiger partial charge in [0.1, 0.15) is 6.54 Å². The van der Waals surface area contributed by atoms with Gasteiger partial charge in [0.25, 0.3) is 0 Å².